The lowest BCUT2D eigenvalue weighted by Gasteiger charge is -2.11. The zero-order valence-electron chi connectivity index (χ0n) is 15.3. The number of nitrogens with one attached hydrogen (secondary N) is 3. The summed E-state index contributed by atoms with van der Waals surface area (Å²) in [7, 11) is 0. The van der Waals surface area contributed by atoms with Crippen molar-refractivity contribution in [2.75, 3.05) is 5.32 Å². The van der Waals surface area contributed by atoms with Crippen LogP contribution in [0.5, 0.6) is 5.75 Å². The SMILES string of the molecule is CC(=O)NNOC(=O)c1ccc2c(Nc3ccc(OC(F)(F)F)cc3)ncnc2c1. The van der Waals surface area contributed by atoms with Crippen LogP contribution in [0.3, 0.4) is 0 Å². The zero-order valence-corrected chi connectivity index (χ0v) is 15.3. The molecule has 30 heavy (non-hydrogen) atoms. The summed E-state index contributed by atoms with van der Waals surface area (Å²) >= 11 is 0. The number of fused-ring (bicyclic) bond motifs is 1. The van der Waals surface area contributed by atoms with E-state index in [1.54, 1.807) is 6.07 Å². The topological polar surface area (TPSA) is 114 Å². The van der Waals surface area contributed by atoms with Gasteiger partial charge in [-0.25, -0.2) is 14.8 Å². The average molecular weight is 421 g/mol. The first-order valence-corrected chi connectivity index (χ1v) is 8.31. The van der Waals surface area contributed by atoms with E-state index >= 15 is 0 Å². The van der Waals surface area contributed by atoms with E-state index in [1.807, 2.05) is 5.59 Å². The number of carbonyl (C=O) groups excluding carboxylic acids is 2. The maximum atomic E-state index is 12.2. The predicted octanol–water partition coefficient (Wildman–Crippen LogP) is 2.98. The number of anilines is 2. The molecule has 0 aliphatic rings. The number of aromatic nitrogens is 2. The molecule has 1 amide bonds. The van der Waals surface area contributed by atoms with Gasteiger partial charge in [-0.1, -0.05) is 5.59 Å². The number of carbonyl (C=O) groups is 2. The van der Waals surface area contributed by atoms with E-state index in [2.05, 4.69) is 30.3 Å². The van der Waals surface area contributed by atoms with Crippen LogP contribution in [0.4, 0.5) is 24.7 Å². The number of alkyl halides is 3. The first-order valence-electron chi connectivity index (χ1n) is 8.31. The minimum atomic E-state index is -4.77. The minimum Gasteiger partial charge on any atom is -0.406 e. The Labute approximate surface area is 167 Å². The van der Waals surface area contributed by atoms with Gasteiger partial charge in [-0.15, -0.1) is 13.2 Å². The van der Waals surface area contributed by atoms with Crippen LogP contribution in [0.2, 0.25) is 0 Å². The Hall–Kier alpha value is -3.93. The summed E-state index contributed by atoms with van der Waals surface area (Å²) in [5.74, 6) is -1.17. The molecule has 0 saturated heterocycles. The van der Waals surface area contributed by atoms with Crippen LogP contribution in [-0.4, -0.2) is 28.2 Å². The third-order valence-corrected chi connectivity index (χ3v) is 3.59. The van der Waals surface area contributed by atoms with E-state index < -0.39 is 18.2 Å². The summed E-state index contributed by atoms with van der Waals surface area (Å²) in [6.45, 7) is 1.24. The molecule has 0 unspecified atom stereocenters. The van der Waals surface area contributed by atoms with Crippen molar-refractivity contribution >= 4 is 34.3 Å². The lowest BCUT2D eigenvalue weighted by Crippen LogP contribution is -2.37. The summed E-state index contributed by atoms with van der Waals surface area (Å²) in [6.07, 6.45) is -3.51. The Morgan fingerprint density at radius 1 is 1.03 bits per heavy atom. The lowest BCUT2D eigenvalue weighted by molar-refractivity contribution is -0.274. The number of benzene rings is 2. The second-order valence-electron chi connectivity index (χ2n) is 5.82. The molecule has 0 radical (unpaired) electrons. The third kappa shape index (κ3) is 5.54. The van der Waals surface area contributed by atoms with Crippen LogP contribution in [-0.2, 0) is 9.63 Å². The molecule has 0 spiro atoms. The Bertz CT molecular complexity index is 1070. The second kappa shape index (κ2) is 8.61. The van der Waals surface area contributed by atoms with E-state index in [0.717, 1.165) is 12.1 Å². The Morgan fingerprint density at radius 2 is 1.77 bits per heavy atom. The van der Waals surface area contributed by atoms with Crippen molar-refractivity contribution in [3.63, 3.8) is 0 Å². The molecule has 0 aliphatic heterocycles. The zero-order chi connectivity index (χ0) is 21.7. The van der Waals surface area contributed by atoms with Gasteiger partial charge in [0.15, 0.2) is 0 Å². The number of rotatable bonds is 6. The molecule has 1 heterocycles. The molecule has 9 nitrogen and oxygen atoms in total. The maximum absolute atomic E-state index is 12.2. The minimum absolute atomic E-state index is 0.165. The summed E-state index contributed by atoms with van der Waals surface area (Å²) < 4.78 is 40.6. The third-order valence-electron chi connectivity index (χ3n) is 3.59. The maximum Gasteiger partial charge on any atom is 0.573 e. The molecule has 1 aromatic heterocycles. The van der Waals surface area contributed by atoms with E-state index in [0.29, 0.717) is 22.4 Å². The van der Waals surface area contributed by atoms with Gasteiger partial charge in [-0.3, -0.25) is 10.2 Å². The van der Waals surface area contributed by atoms with Crippen LogP contribution in [0.1, 0.15) is 17.3 Å². The van der Waals surface area contributed by atoms with Gasteiger partial charge in [-0.05, 0) is 42.5 Å². The number of hydrogen-bond donors (Lipinski definition) is 3. The molecule has 3 N–H and O–H groups in total. The smallest absolute Gasteiger partial charge is 0.406 e. The van der Waals surface area contributed by atoms with Crippen molar-refractivity contribution in [1.82, 2.24) is 21.0 Å². The van der Waals surface area contributed by atoms with Gasteiger partial charge in [0.2, 0.25) is 5.91 Å². The molecule has 0 saturated carbocycles. The molecule has 0 bridgehead atoms. The number of ether oxygens (including phenoxy) is 1. The first kappa shape index (κ1) is 20.8. The van der Waals surface area contributed by atoms with Gasteiger partial charge in [0.05, 0.1) is 11.1 Å². The molecule has 0 aliphatic carbocycles. The normalized spacial score (nSPS) is 11.1. The molecule has 156 valence electrons. The summed E-state index contributed by atoms with van der Waals surface area (Å²) in [6, 6.07) is 9.62. The standard InChI is InChI=1S/C18H14F3N5O4/c1-10(27)25-26-30-17(28)11-2-7-14-15(8-11)22-9-23-16(14)24-12-3-5-13(6-4-12)29-18(19,20)21/h2-9,26H,1H3,(H,25,27)(H,22,23,24). The van der Waals surface area contributed by atoms with Crippen molar-refractivity contribution in [2.45, 2.75) is 13.3 Å². The first-order chi connectivity index (χ1) is 14.2. The van der Waals surface area contributed by atoms with Gasteiger partial charge < -0.3 is 14.9 Å². The Kier molecular flexibility index (Phi) is 5.97. The van der Waals surface area contributed by atoms with Crippen LogP contribution in [0.15, 0.2) is 48.8 Å². The quantitative estimate of drug-likeness (QED) is 0.521. The van der Waals surface area contributed by atoms with Gasteiger partial charge >= 0.3 is 12.3 Å². The average Bonchev–Trinajstić information content (AvgIpc) is 2.68. The van der Waals surface area contributed by atoms with Crippen molar-refractivity contribution in [3.8, 4) is 5.75 Å². The number of amides is 1. The summed E-state index contributed by atoms with van der Waals surface area (Å²) in [5.41, 5.74) is 5.16. The van der Waals surface area contributed by atoms with E-state index in [4.69, 9.17) is 0 Å². The Morgan fingerprint density at radius 3 is 2.43 bits per heavy atom. The van der Waals surface area contributed by atoms with E-state index in [-0.39, 0.29) is 11.3 Å². The fourth-order valence-electron chi connectivity index (χ4n) is 2.36. The van der Waals surface area contributed by atoms with Crippen LogP contribution in [0, 0.1) is 0 Å². The number of halogens is 3. The number of nitrogens with zero attached hydrogens (tertiary/aromatic N) is 2. The predicted molar refractivity (Wildman–Crippen MR) is 98.3 cm³/mol. The van der Waals surface area contributed by atoms with Gasteiger partial charge in [0.1, 0.15) is 17.9 Å². The molecular weight excluding hydrogens is 407 g/mol. The van der Waals surface area contributed by atoms with Gasteiger partial charge in [0.25, 0.3) is 0 Å². The van der Waals surface area contributed by atoms with Crippen molar-refractivity contribution in [3.05, 3.63) is 54.4 Å². The van der Waals surface area contributed by atoms with E-state index in [1.165, 1.54) is 37.5 Å². The lowest BCUT2D eigenvalue weighted by atomic mass is 10.1. The monoisotopic (exact) mass is 421 g/mol. The highest BCUT2D eigenvalue weighted by Gasteiger charge is 2.30. The molecular formula is C18H14F3N5O4. The second-order valence-corrected chi connectivity index (χ2v) is 5.82. The van der Waals surface area contributed by atoms with Crippen molar-refractivity contribution in [1.29, 1.82) is 0 Å². The summed E-state index contributed by atoms with van der Waals surface area (Å²) in [4.78, 5) is 35.6. The molecule has 2 aromatic carbocycles. The van der Waals surface area contributed by atoms with Crippen molar-refractivity contribution < 1.29 is 32.3 Å². The molecule has 12 heteroatoms. The Balaban J connectivity index is 1.75. The number of hydrogen-bond acceptors (Lipinski definition) is 8. The highest BCUT2D eigenvalue weighted by atomic mass is 19.4. The molecule has 0 atom stereocenters. The highest BCUT2D eigenvalue weighted by molar-refractivity contribution is 5.97. The fourth-order valence-corrected chi connectivity index (χ4v) is 2.36. The largest absolute Gasteiger partial charge is 0.573 e. The number of hydrazine groups is 1. The van der Waals surface area contributed by atoms with Crippen molar-refractivity contribution in [2.24, 2.45) is 0 Å². The fraction of sp³-hybridized carbons (Fsp3) is 0.111. The van der Waals surface area contributed by atoms with Crippen LogP contribution in [0.25, 0.3) is 10.9 Å². The summed E-state index contributed by atoms with van der Waals surface area (Å²) in [5, 5.41) is 3.52. The molecule has 3 aromatic rings. The molecule has 3 rings (SSSR count). The van der Waals surface area contributed by atoms with Crippen LogP contribution < -0.4 is 21.1 Å². The van der Waals surface area contributed by atoms with E-state index in [9.17, 15) is 22.8 Å². The van der Waals surface area contributed by atoms with Gasteiger partial charge in [-0.2, -0.15) is 0 Å². The highest BCUT2D eigenvalue weighted by Crippen LogP contribution is 2.27. The molecule has 0 fully saturated rings. The van der Waals surface area contributed by atoms with Gasteiger partial charge in [0, 0.05) is 18.0 Å². The van der Waals surface area contributed by atoms with Crippen LogP contribution >= 0.6 is 0 Å².